The maximum atomic E-state index is 15.4. The van der Waals surface area contributed by atoms with Crippen LogP contribution < -0.4 is 14.2 Å². The molecule has 0 saturated heterocycles. The van der Waals surface area contributed by atoms with Crippen molar-refractivity contribution in [2.75, 3.05) is 33.4 Å². The van der Waals surface area contributed by atoms with Crippen molar-refractivity contribution < 1.29 is 32.9 Å². The van der Waals surface area contributed by atoms with Crippen LogP contribution in [-0.2, 0) is 10.7 Å². The lowest BCUT2D eigenvalue weighted by Crippen LogP contribution is -2.28. The maximum absolute atomic E-state index is 15.4. The predicted octanol–water partition coefficient (Wildman–Crippen LogP) is 5.12. The molecule has 4 rings (SSSR count). The molecule has 0 aromatic heterocycles. The zero-order valence-electron chi connectivity index (χ0n) is 19.3. The molecule has 184 valence electrons. The fourth-order valence-electron chi connectivity index (χ4n) is 3.99. The average Bonchev–Trinajstić information content (AvgIpc) is 2.86. The van der Waals surface area contributed by atoms with Crippen molar-refractivity contribution >= 4 is 5.97 Å². The Hall–Kier alpha value is -3.65. The van der Waals surface area contributed by atoms with Gasteiger partial charge in [-0.15, -0.1) is 0 Å². The number of para-hydroxylation sites is 1. The first-order valence-corrected chi connectivity index (χ1v) is 11.3. The Morgan fingerprint density at radius 1 is 1.03 bits per heavy atom. The van der Waals surface area contributed by atoms with Gasteiger partial charge in [-0.2, -0.15) is 8.78 Å². The van der Waals surface area contributed by atoms with Crippen molar-refractivity contribution in [1.29, 1.82) is 0 Å². The van der Waals surface area contributed by atoms with Gasteiger partial charge in [-0.25, -0.2) is 0 Å². The lowest BCUT2D eigenvalue weighted by Gasteiger charge is -2.26. The van der Waals surface area contributed by atoms with Crippen LogP contribution in [0.1, 0.15) is 29.2 Å². The van der Waals surface area contributed by atoms with Gasteiger partial charge in [-0.05, 0) is 49.0 Å². The third kappa shape index (κ3) is 5.89. The van der Waals surface area contributed by atoms with Crippen LogP contribution in [0.3, 0.4) is 0 Å². The van der Waals surface area contributed by atoms with Crippen molar-refractivity contribution in [3.63, 3.8) is 0 Å². The minimum absolute atomic E-state index is 0.0682. The van der Waals surface area contributed by atoms with E-state index in [0.29, 0.717) is 31.1 Å². The molecule has 3 aromatic rings. The van der Waals surface area contributed by atoms with Crippen LogP contribution in [0, 0.1) is 0 Å². The second kappa shape index (κ2) is 10.7. The highest BCUT2D eigenvalue weighted by Gasteiger charge is 2.39. The summed E-state index contributed by atoms with van der Waals surface area (Å²) in [7, 11) is 1.73. The number of nitrogens with zero attached hydrogens (tertiary/aromatic N) is 1. The summed E-state index contributed by atoms with van der Waals surface area (Å²) >= 11 is 0. The van der Waals surface area contributed by atoms with Crippen LogP contribution in [0.15, 0.2) is 72.8 Å². The van der Waals surface area contributed by atoms with E-state index in [9.17, 15) is 4.79 Å². The summed E-state index contributed by atoms with van der Waals surface area (Å²) in [5.41, 5.74) is 0.482. The van der Waals surface area contributed by atoms with E-state index < -0.39 is 11.9 Å². The summed E-state index contributed by atoms with van der Waals surface area (Å²) in [5.74, 6) is -3.37. The lowest BCUT2D eigenvalue weighted by molar-refractivity contribution is -0.138. The number of fused-ring (bicyclic) bond motifs is 1. The molecule has 6 nitrogen and oxygen atoms in total. The molecule has 0 saturated carbocycles. The molecule has 35 heavy (non-hydrogen) atoms. The van der Waals surface area contributed by atoms with Gasteiger partial charge in [-0.1, -0.05) is 36.4 Å². The Bertz CT molecular complexity index is 1140. The Morgan fingerprint density at radius 2 is 1.74 bits per heavy atom. The molecule has 1 aliphatic heterocycles. The topological polar surface area (TPSA) is 68.2 Å². The molecule has 0 amide bonds. The molecule has 3 aromatic carbocycles. The molecule has 0 spiro atoms. The van der Waals surface area contributed by atoms with Crippen LogP contribution >= 0.6 is 0 Å². The lowest BCUT2D eigenvalue weighted by atomic mass is 9.98. The first-order valence-electron chi connectivity index (χ1n) is 11.3. The Balaban J connectivity index is 1.52. The van der Waals surface area contributed by atoms with E-state index in [1.54, 1.807) is 18.0 Å². The summed E-state index contributed by atoms with van der Waals surface area (Å²) in [6.07, 6.45) is 0.157. The third-order valence-electron chi connectivity index (χ3n) is 5.75. The van der Waals surface area contributed by atoms with Crippen molar-refractivity contribution in [3.05, 3.63) is 89.5 Å². The fourth-order valence-corrected chi connectivity index (χ4v) is 3.99. The number of alkyl halides is 2. The molecule has 0 bridgehead atoms. The molecule has 8 heteroatoms. The van der Waals surface area contributed by atoms with Crippen molar-refractivity contribution in [3.8, 4) is 17.2 Å². The normalized spacial score (nSPS) is 13.9. The number of rotatable bonds is 10. The van der Waals surface area contributed by atoms with Crippen LogP contribution in [0.4, 0.5) is 8.78 Å². The Morgan fingerprint density at radius 3 is 2.46 bits per heavy atom. The number of ether oxygens (including phenoxy) is 3. The predicted molar refractivity (Wildman–Crippen MR) is 126 cm³/mol. The molecule has 1 aliphatic rings. The van der Waals surface area contributed by atoms with E-state index in [1.807, 2.05) is 30.3 Å². The average molecular weight is 484 g/mol. The fraction of sp³-hybridized carbons (Fsp3) is 0.296. The number of halogens is 2. The first kappa shape index (κ1) is 24.5. The minimum Gasteiger partial charge on any atom is -0.486 e. The zero-order chi connectivity index (χ0) is 24.8. The molecule has 1 atom stereocenters. The largest absolute Gasteiger partial charge is 0.486 e. The Kier molecular flexibility index (Phi) is 7.51. The first-order chi connectivity index (χ1) is 16.8. The van der Waals surface area contributed by atoms with E-state index in [0.717, 1.165) is 5.56 Å². The van der Waals surface area contributed by atoms with Gasteiger partial charge in [0, 0.05) is 18.5 Å². The van der Waals surface area contributed by atoms with Gasteiger partial charge in [-0.3, -0.25) is 9.69 Å². The summed E-state index contributed by atoms with van der Waals surface area (Å²) in [6, 6.07) is 19.7. The number of hydrogen-bond donors (Lipinski definition) is 1. The second-order valence-electron chi connectivity index (χ2n) is 8.37. The monoisotopic (exact) mass is 483 g/mol. The summed E-state index contributed by atoms with van der Waals surface area (Å²) in [5, 5.41) is 8.99. The van der Waals surface area contributed by atoms with Crippen LogP contribution in [-0.4, -0.2) is 49.3 Å². The number of hydrogen-bond acceptors (Lipinski definition) is 5. The van der Waals surface area contributed by atoms with Gasteiger partial charge >= 0.3 is 11.9 Å². The van der Waals surface area contributed by atoms with Crippen LogP contribution in [0.2, 0.25) is 0 Å². The number of aliphatic carboxylic acids is 1. The van der Waals surface area contributed by atoms with Crippen molar-refractivity contribution in [2.24, 2.45) is 0 Å². The third-order valence-corrected chi connectivity index (χ3v) is 5.75. The summed E-state index contributed by atoms with van der Waals surface area (Å²) in [6.45, 7) is 0.949. The molecule has 1 N–H and O–H groups in total. The highest BCUT2D eigenvalue weighted by atomic mass is 19.3. The van der Waals surface area contributed by atoms with Gasteiger partial charge in [0.05, 0.1) is 12.1 Å². The summed E-state index contributed by atoms with van der Waals surface area (Å²) < 4.78 is 47.9. The minimum atomic E-state index is -3.29. The smallest absolute Gasteiger partial charge is 0.317 e. The van der Waals surface area contributed by atoms with E-state index in [-0.39, 0.29) is 36.1 Å². The molecular weight excluding hydrogens is 456 g/mol. The Labute approximate surface area is 202 Å². The molecular formula is C27H27F2NO5. The molecule has 0 fully saturated rings. The number of carbonyl (C=O) groups is 1. The van der Waals surface area contributed by atoms with E-state index in [4.69, 9.17) is 19.3 Å². The highest BCUT2D eigenvalue weighted by Crippen LogP contribution is 2.45. The summed E-state index contributed by atoms with van der Waals surface area (Å²) in [4.78, 5) is 12.7. The van der Waals surface area contributed by atoms with E-state index in [1.165, 1.54) is 36.4 Å². The van der Waals surface area contributed by atoms with Crippen molar-refractivity contribution in [1.82, 2.24) is 4.90 Å². The zero-order valence-corrected chi connectivity index (χ0v) is 19.3. The maximum Gasteiger partial charge on any atom is 0.317 e. The van der Waals surface area contributed by atoms with Gasteiger partial charge in [0.15, 0.2) is 11.5 Å². The van der Waals surface area contributed by atoms with Gasteiger partial charge in [0.1, 0.15) is 25.1 Å². The van der Waals surface area contributed by atoms with Crippen LogP contribution in [0.5, 0.6) is 17.2 Å². The number of carboxylic acid groups (broad SMARTS) is 1. The van der Waals surface area contributed by atoms with E-state index in [2.05, 4.69) is 0 Å². The van der Waals surface area contributed by atoms with Crippen LogP contribution in [0.25, 0.3) is 0 Å². The second-order valence-corrected chi connectivity index (χ2v) is 8.37. The number of likely N-dealkylation sites (N-methyl/N-ethyl adjacent to an activating group) is 1. The molecule has 0 aliphatic carbocycles. The van der Waals surface area contributed by atoms with E-state index >= 15 is 8.78 Å². The standard InChI is InChI=1S/C27H27F2NO5/c1-30(18-25(31)32)15-14-23(19-6-3-2-4-7-19)35-21-12-10-20(11-13-21)27(28,29)22-8-5-9-24-26(22)34-17-16-33-24/h2-13,23H,14-18H2,1H3,(H,31,32). The van der Waals surface area contributed by atoms with Crippen molar-refractivity contribution in [2.45, 2.75) is 18.4 Å². The highest BCUT2D eigenvalue weighted by molar-refractivity contribution is 5.69. The molecule has 0 radical (unpaired) electrons. The SMILES string of the molecule is CN(CCC(Oc1ccc(C(F)(F)c2cccc3c2OCCO3)cc1)c1ccccc1)CC(=O)O. The van der Waals surface area contributed by atoms with Gasteiger partial charge in [0.2, 0.25) is 0 Å². The number of benzene rings is 3. The molecule has 1 unspecified atom stereocenters. The van der Waals surface area contributed by atoms with Gasteiger partial charge < -0.3 is 19.3 Å². The quantitative estimate of drug-likeness (QED) is 0.432. The van der Waals surface area contributed by atoms with Gasteiger partial charge in [0.25, 0.3) is 0 Å². The number of carboxylic acids is 1. The molecule has 1 heterocycles.